The number of likely N-dealkylation sites (tertiary alicyclic amines) is 1. The molecule has 0 unspecified atom stereocenters. The first kappa shape index (κ1) is 15.3. The molecule has 0 saturated carbocycles. The van der Waals surface area contributed by atoms with Crippen LogP contribution in [0.5, 0.6) is 0 Å². The molecular weight excluding hydrogens is 368 g/mol. The smallest absolute Gasteiger partial charge is 0.0631 e. The molecule has 1 aromatic carbocycles. The van der Waals surface area contributed by atoms with E-state index in [1.807, 2.05) is 0 Å². The number of piperidine rings is 1. The summed E-state index contributed by atoms with van der Waals surface area (Å²) in [6, 6.07) is 4.92. The van der Waals surface area contributed by atoms with Gasteiger partial charge in [-0.05, 0) is 82.3 Å². The molecule has 1 N–H and O–H groups in total. The van der Waals surface area contributed by atoms with Crippen LogP contribution < -0.4 is 5.32 Å². The molecule has 1 saturated heterocycles. The zero-order valence-corrected chi connectivity index (χ0v) is 14.8. The van der Waals surface area contributed by atoms with Gasteiger partial charge in [0.25, 0.3) is 0 Å². The maximum atomic E-state index is 3.69. The van der Waals surface area contributed by atoms with Gasteiger partial charge in [0, 0.05) is 28.1 Å². The molecule has 1 aliphatic heterocycles. The van der Waals surface area contributed by atoms with Crippen LogP contribution in [0.25, 0.3) is 0 Å². The minimum Gasteiger partial charge on any atom is -0.380 e. The Morgan fingerprint density at radius 3 is 2.32 bits per heavy atom. The van der Waals surface area contributed by atoms with Crippen LogP contribution in [0.1, 0.15) is 31.7 Å². The molecule has 0 bridgehead atoms. The normalized spacial score (nSPS) is 17.7. The highest BCUT2D eigenvalue weighted by atomic mass is 79.9. The van der Waals surface area contributed by atoms with E-state index in [0.717, 1.165) is 8.95 Å². The van der Waals surface area contributed by atoms with Crippen molar-refractivity contribution in [1.82, 2.24) is 4.90 Å². The third-order valence-electron chi connectivity index (χ3n) is 3.66. The van der Waals surface area contributed by atoms with Crippen molar-refractivity contribution in [3.63, 3.8) is 0 Å². The van der Waals surface area contributed by atoms with E-state index in [9.17, 15) is 0 Å². The number of hydrogen-bond acceptors (Lipinski definition) is 2. The molecule has 19 heavy (non-hydrogen) atoms. The lowest BCUT2D eigenvalue weighted by molar-refractivity contribution is 0.219. The van der Waals surface area contributed by atoms with E-state index >= 15 is 0 Å². The zero-order chi connectivity index (χ0) is 13.8. The van der Waals surface area contributed by atoms with Gasteiger partial charge in [0.2, 0.25) is 0 Å². The Hall–Kier alpha value is -0.0600. The van der Waals surface area contributed by atoms with E-state index < -0.39 is 0 Å². The van der Waals surface area contributed by atoms with Crippen molar-refractivity contribution in [3.8, 4) is 0 Å². The lowest BCUT2D eigenvalue weighted by Crippen LogP contribution is -2.39. The summed E-state index contributed by atoms with van der Waals surface area (Å²) >= 11 is 7.32. The molecule has 1 aliphatic rings. The quantitative estimate of drug-likeness (QED) is 0.794. The minimum atomic E-state index is 0.586. The van der Waals surface area contributed by atoms with Gasteiger partial charge in [-0.15, -0.1) is 0 Å². The van der Waals surface area contributed by atoms with Crippen LogP contribution >= 0.6 is 31.9 Å². The monoisotopic (exact) mass is 388 g/mol. The van der Waals surface area contributed by atoms with E-state index in [0.29, 0.717) is 6.04 Å². The predicted octanol–water partition coefficient (Wildman–Crippen LogP) is 4.81. The summed E-state index contributed by atoms with van der Waals surface area (Å²) in [7, 11) is 0. The Labute approximate surface area is 133 Å². The van der Waals surface area contributed by atoms with E-state index in [2.05, 4.69) is 68.1 Å². The van der Waals surface area contributed by atoms with E-state index in [1.165, 1.54) is 50.1 Å². The van der Waals surface area contributed by atoms with Gasteiger partial charge in [-0.2, -0.15) is 0 Å². The Morgan fingerprint density at radius 2 is 1.79 bits per heavy atom. The number of anilines is 1. The number of aryl methyl sites for hydroxylation is 1. The highest BCUT2D eigenvalue weighted by molar-refractivity contribution is 9.11. The minimum absolute atomic E-state index is 0.586. The lowest BCUT2D eigenvalue weighted by atomic mass is 10.0. The van der Waals surface area contributed by atoms with Crippen LogP contribution in [0.2, 0.25) is 0 Å². The van der Waals surface area contributed by atoms with Gasteiger partial charge >= 0.3 is 0 Å². The van der Waals surface area contributed by atoms with Crippen molar-refractivity contribution in [3.05, 3.63) is 26.6 Å². The number of nitrogens with one attached hydrogen (secondary N) is 1. The summed E-state index contributed by atoms with van der Waals surface area (Å²) < 4.78 is 2.30. The fraction of sp³-hybridized carbons (Fsp3) is 0.600. The second kappa shape index (κ2) is 7.09. The Morgan fingerprint density at radius 1 is 1.21 bits per heavy atom. The molecule has 0 aromatic heterocycles. The van der Waals surface area contributed by atoms with Crippen LogP contribution in [0.15, 0.2) is 21.1 Å². The highest BCUT2D eigenvalue weighted by Gasteiger charge is 2.19. The largest absolute Gasteiger partial charge is 0.380 e. The number of nitrogens with zero attached hydrogens (tertiary/aromatic N) is 1. The van der Waals surface area contributed by atoms with Gasteiger partial charge in [0.1, 0.15) is 0 Å². The van der Waals surface area contributed by atoms with Crippen LogP contribution in [-0.4, -0.2) is 30.6 Å². The number of halogens is 2. The molecular formula is C15H22Br2N2. The first-order valence-corrected chi connectivity index (χ1v) is 8.63. The molecule has 1 fully saturated rings. The molecule has 1 aromatic rings. The van der Waals surface area contributed by atoms with E-state index in [-0.39, 0.29) is 0 Å². The summed E-state index contributed by atoms with van der Waals surface area (Å²) in [6.07, 6.45) is 3.71. The Bertz CT molecular complexity index is 403. The van der Waals surface area contributed by atoms with Gasteiger partial charge in [0.05, 0.1) is 5.69 Å². The fourth-order valence-electron chi connectivity index (χ4n) is 2.66. The van der Waals surface area contributed by atoms with Crippen molar-refractivity contribution in [2.45, 2.75) is 39.2 Å². The second-order valence-corrected chi connectivity index (χ2v) is 7.07. The van der Waals surface area contributed by atoms with Crippen LogP contribution in [-0.2, 0) is 0 Å². The second-order valence-electron chi connectivity index (χ2n) is 5.36. The van der Waals surface area contributed by atoms with Gasteiger partial charge < -0.3 is 10.2 Å². The summed E-state index contributed by atoms with van der Waals surface area (Å²) in [5, 5.41) is 3.69. The van der Waals surface area contributed by atoms with Gasteiger partial charge in [-0.3, -0.25) is 0 Å². The highest BCUT2D eigenvalue weighted by Crippen LogP contribution is 2.33. The van der Waals surface area contributed by atoms with Gasteiger partial charge in [-0.1, -0.05) is 6.92 Å². The Kier molecular flexibility index (Phi) is 5.72. The maximum Gasteiger partial charge on any atom is 0.0631 e. The summed E-state index contributed by atoms with van der Waals surface area (Å²) in [6.45, 7) is 8.04. The first-order chi connectivity index (χ1) is 9.10. The van der Waals surface area contributed by atoms with Gasteiger partial charge in [-0.25, -0.2) is 0 Å². The molecule has 0 aliphatic carbocycles. The van der Waals surface area contributed by atoms with Crippen LogP contribution in [0.3, 0.4) is 0 Å². The summed E-state index contributed by atoms with van der Waals surface area (Å²) in [4.78, 5) is 2.57. The van der Waals surface area contributed by atoms with Crippen molar-refractivity contribution >= 4 is 37.5 Å². The molecule has 4 heteroatoms. The van der Waals surface area contributed by atoms with Crippen molar-refractivity contribution in [2.24, 2.45) is 0 Å². The van der Waals surface area contributed by atoms with Crippen molar-refractivity contribution in [2.75, 3.05) is 25.0 Å². The fourth-order valence-corrected chi connectivity index (χ4v) is 4.30. The first-order valence-electron chi connectivity index (χ1n) is 7.04. The molecule has 106 valence electrons. The topological polar surface area (TPSA) is 15.3 Å². The van der Waals surface area contributed by atoms with E-state index in [1.54, 1.807) is 0 Å². The molecule has 1 heterocycles. The molecule has 0 radical (unpaired) electrons. The average molecular weight is 390 g/mol. The molecule has 2 nitrogen and oxygen atoms in total. The van der Waals surface area contributed by atoms with Gasteiger partial charge in [0.15, 0.2) is 0 Å². The summed E-state index contributed by atoms with van der Waals surface area (Å²) in [5.74, 6) is 0. The third kappa shape index (κ3) is 4.20. The lowest BCUT2D eigenvalue weighted by Gasteiger charge is -2.33. The maximum absolute atomic E-state index is 3.69. The Balaban J connectivity index is 1.96. The van der Waals surface area contributed by atoms with Crippen LogP contribution in [0, 0.1) is 6.92 Å². The number of hydrogen-bond donors (Lipinski definition) is 1. The summed E-state index contributed by atoms with van der Waals surface area (Å²) in [5.41, 5.74) is 2.46. The average Bonchev–Trinajstić information content (AvgIpc) is 2.36. The number of benzene rings is 1. The standard InChI is InChI=1S/C15H22Br2N2/c1-3-6-19-7-4-12(5-8-19)18-15-13(16)9-11(2)10-14(15)17/h9-10,12,18H,3-8H2,1-2H3. The third-order valence-corrected chi connectivity index (χ3v) is 4.91. The SMILES string of the molecule is CCCN1CCC(Nc2c(Br)cc(C)cc2Br)CC1. The molecule has 0 amide bonds. The van der Waals surface area contributed by atoms with Crippen LogP contribution in [0.4, 0.5) is 5.69 Å². The number of rotatable bonds is 4. The van der Waals surface area contributed by atoms with E-state index in [4.69, 9.17) is 0 Å². The molecule has 2 rings (SSSR count). The zero-order valence-electron chi connectivity index (χ0n) is 11.7. The molecule has 0 atom stereocenters. The predicted molar refractivity (Wildman–Crippen MR) is 90.0 cm³/mol. The van der Waals surface area contributed by atoms with Crippen molar-refractivity contribution in [1.29, 1.82) is 0 Å². The molecule has 0 spiro atoms. The van der Waals surface area contributed by atoms with Crippen molar-refractivity contribution < 1.29 is 0 Å².